The molecule has 6 nitrogen and oxygen atoms in total. The van der Waals surface area contributed by atoms with Crippen molar-refractivity contribution in [2.75, 3.05) is 38.2 Å². The van der Waals surface area contributed by atoms with Gasteiger partial charge >= 0.3 is 0 Å². The molecule has 6 heteroatoms. The maximum absolute atomic E-state index is 9.68. The minimum Gasteiger partial charge on any atom is -0.396 e. The summed E-state index contributed by atoms with van der Waals surface area (Å²) in [6, 6.07) is 14.2. The third kappa shape index (κ3) is 5.44. The van der Waals surface area contributed by atoms with Crippen LogP contribution < -0.4 is 15.5 Å². The summed E-state index contributed by atoms with van der Waals surface area (Å²) in [7, 11) is 1.75. The highest BCUT2D eigenvalue weighted by molar-refractivity contribution is 5.79. The van der Waals surface area contributed by atoms with E-state index in [-0.39, 0.29) is 12.5 Å². The number of nitrogens with zero attached hydrogens (tertiary/aromatic N) is 3. The van der Waals surface area contributed by atoms with Gasteiger partial charge in [-0.1, -0.05) is 36.4 Å². The maximum Gasteiger partial charge on any atom is 0.191 e. The van der Waals surface area contributed by atoms with Crippen LogP contribution >= 0.6 is 0 Å². The first-order valence-electron chi connectivity index (χ1n) is 9.60. The molecule has 1 aromatic heterocycles. The Labute approximate surface area is 161 Å². The molecule has 0 saturated carbocycles. The Kier molecular flexibility index (Phi) is 7.04. The molecule has 3 rings (SSSR count). The van der Waals surface area contributed by atoms with E-state index in [0.29, 0.717) is 19.0 Å². The number of benzene rings is 1. The minimum absolute atomic E-state index is 0.0335. The molecule has 2 heterocycles. The number of anilines is 1. The van der Waals surface area contributed by atoms with E-state index in [2.05, 4.69) is 37.6 Å². The molecule has 3 N–H and O–H groups in total. The highest BCUT2D eigenvalue weighted by Crippen LogP contribution is 2.17. The molecular formula is C21H29N5O. The first-order valence-corrected chi connectivity index (χ1v) is 9.60. The van der Waals surface area contributed by atoms with E-state index in [1.807, 2.05) is 36.5 Å². The molecule has 1 aromatic carbocycles. The Bertz CT molecular complexity index is 711. The Morgan fingerprint density at radius 3 is 2.56 bits per heavy atom. The predicted molar refractivity (Wildman–Crippen MR) is 110 cm³/mol. The number of hydrogen-bond acceptors (Lipinski definition) is 4. The Balaban J connectivity index is 1.48. The number of aliphatic hydroxyl groups is 1. The molecular weight excluding hydrogens is 338 g/mol. The topological polar surface area (TPSA) is 72.8 Å². The lowest BCUT2D eigenvalue weighted by Crippen LogP contribution is -2.39. The molecule has 0 spiro atoms. The van der Waals surface area contributed by atoms with Crippen LogP contribution in [0.2, 0.25) is 0 Å². The molecule has 0 amide bonds. The lowest BCUT2D eigenvalue weighted by atomic mass is 10.0. The first-order chi connectivity index (χ1) is 13.3. The number of aromatic nitrogens is 1. The highest BCUT2D eigenvalue weighted by atomic mass is 16.3. The van der Waals surface area contributed by atoms with E-state index < -0.39 is 0 Å². The lowest BCUT2D eigenvalue weighted by Gasteiger charge is -2.18. The summed E-state index contributed by atoms with van der Waals surface area (Å²) in [5.41, 5.74) is 2.23. The van der Waals surface area contributed by atoms with Crippen LogP contribution in [0, 0.1) is 0 Å². The van der Waals surface area contributed by atoms with E-state index in [1.165, 1.54) is 12.8 Å². The largest absolute Gasteiger partial charge is 0.396 e. The fourth-order valence-electron chi connectivity index (χ4n) is 3.29. The zero-order chi connectivity index (χ0) is 18.9. The highest BCUT2D eigenvalue weighted by Gasteiger charge is 2.13. The summed E-state index contributed by atoms with van der Waals surface area (Å²) < 4.78 is 0. The molecule has 0 radical (unpaired) electrons. The number of guanidine groups is 1. The number of rotatable bonds is 7. The molecule has 0 bridgehead atoms. The van der Waals surface area contributed by atoms with Crippen LogP contribution in [0.5, 0.6) is 0 Å². The molecule has 1 aliphatic heterocycles. The summed E-state index contributed by atoms with van der Waals surface area (Å²) >= 11 is 0. The van der Waals surface area contributed by atoms with Gasteiger partial charge in [-0.25, -0.2) is 4.98 Å². The van der Waals surface area contributed by atoms with Crippen LogP contribution in [0.4, 0.5) is 5.82 Å². The van der Waals surface area contributed by atoms with Crippen molar-refractivity contribution < 1.29 is 5.11 Å². The summed E-state index contributed by atoms with van der Waals surface area (Å²) in [5, 5.41) is 16.3. The average Bonchev–Trinajstić information content (AvgIpc) is 3.27. The molecule has 1 atom stereocenters. The summed E-state index contributed by atoms with van der Waals surface area (Å²) in [6.45, 7) is 3.58. The van der Waals surface area contributed by atoms with E-state index in [0.717, 1.165) is 30.0 Å². The van der Waals surface area contributed by atoms with Gasteiger partial charge in [0.05, 0.1) is 6.61 Å². The van der Waals surface area contributed by atoms with Gasteiger partial charge < -0.3 is 20.6 Å². The second-order valence-corrected chi connectivity index (χ2v) is 6.82. The van der Waals surface area contributed by atoms with Crippen molar-refractivity contribution in [3.05, 3.63) is 59.8 Å². The van der Waals surface area contributed by atoms with Gasteiger partial charge in [-0.3, -0.25) is 4.99 Å². The fraction of sp³-hybridized carbons (Fsp3) is 0.429. The Morgan fingerprint density at radius 1 is 1.15 bits per heavy atom. The number of nitrogens with one attached hydrogen (secondary N) is 2. The number of aliphatic hydroxyl groups excluding tert-OH is 1. The van der Waals surface area contributed by atoms with Crippen LogP contribution in [0.25, 0.3) is 0 Å². The summed E-state index contributed by atoms with van der Waals surface area (Å²) in [6.07, 6.45) is 4.43. The van der Waals surface area contributed by atoms with Crippen LogP contribution in [0.3, 0.4) is 0 Å². The van der Waals surface area contributed by atoms with Crippen molar-refractivity contribution in [3.63, 3.8) is 0 Å². The van der Waals surface area contributed by atoms with Crippen molar-refractivity contribution in [1.29, 1.82) is 0 Å². The molecule has 1 fully saturated rings. The lowest BCUT2D eigenvalue weighted by molar-refractivity contribution is 0.265. The fourth-order valence-corrected chi connectivity index (χ4v) is 3.29. The van der Waals surface area contributed by atoms with Crippen LogP contribution in [-0.2, 0) is 6.54 Å². The molecule has 1 aliphatic rings. The number of pyridine rings is 1. The van der Waals surface area contributed by atoms with Crippen molar-refractivity contribution in [2.45, 2.75) is 25.3 Å². The standard InChI is InChI=1S/C21H29N5O/c1-22-21(25-15-19(16-27)18-7-3-2-4-8-18)24-14-17-9-10-20(23-13-17)26-11-5-6-12-26/h2-4,7-10,13,19,27H,5-6,11-12,14-16H2,1H3,(H2,22,24,25). The normalized spacial score (nSPS) is 15.6. The molecule has 144 valence electrons. The van der Waals surface area contributed by atoms with E-state index in [1.54, 1.807) is 7.05 Å². The zero-order valence-corrected chi connectivity index (χ0v) is 15.9. The zero-order valence-electron chi connectivity index (χ0n) is 15.9. The summed E-state index contributed by atoms with van der Waals surface area (Å²) in [4.78, 5) is 11.2. The van der Waals surface area contributed by atoms with Gasteiger partial charge in [-0.2, -0.15) is 0 Å². The van der Waals surface area contributed by atoms with Crippen LogP contribution in [-0.4, -0.2) is 49.3 Å². The second kappa shape index (κ2) is 9.92. The quantitative estimate of drug-likeness (QED) is 0.516. The third-order valence-electron chi connectivity index (χ3n) is 4.93. The van der Waals surface area contributed by atoms with E-state index in [4.69, 9.17) is 0 Å². The molecule has 1 saturated heterocycles. The number of aliphatic imine (C=N–C) groups is 1. The van der Waals surface area contributed by atoms with Crippen molar-refractivity contribution in [3.8, 4) is 0 Å². The molecule has 1 unspecified atom stereocenters. The second-order valence-electron chi connectivity index (χ2n) is 6.82. The van der Waals surface area contributed by atoms with Crippen molar-refractivity contribution in [1.82, 2.24) is 15.6 Å². The molecule has 0 aliphatic carbocycles. The third-order valence-corrected chi connectivity index (χ3v) is 4.93. The molecule has 27 heavy (non-hydrogen) atoms. The smallest absolute Gasteiger partial charge is 0.191 e. The van der Waals surface area contributed by atoms with Gasteiger partial charge in [0.15, 0.2) is 5.96 Å². The predicted octanol–water partition coefficient (Wildman–Crippen LogP) is 2.12. The van der Waals surface area contributed by atoms with E-state index in [9.17, 15) is 5.11 Å². The van der Waals surface area contributed by atoms with Crippen molar-refractivity contribution >= 4 is 11.8 Å². The van der Waals surface area contributed by atoms with Gasteiger partial charge in [0, 0.05) is 45.3 Å². The van der Waals surface area contributed by atoms with Crippen molar-refractivity contribution in [2.24, 2.45) is 4.99 Å². The van der Waals surface area contributed by atoms with Gasteiger partial charge in [-0.15, -0.1) is 0 Å². The first kappa shape index (κ1) is 19.2. The minimum atomic E-state index is 0.0335. The van der Waals surface area contributed by atoms with Gasteiger partial charge in [0.25, 0.3) is 0 Å². The summed E-state index contributed by atoms with van der Waals surface area (Å²) in [5.74, 6) is 1.81. The van der Waals surface area contributed by atoms with Gasteiger partial charge in [-0.05, 0) is 30.0 Å². The van der Waals surface area contributed by atoms with Crippen LogP contribution in [0.15, 0.2) is 53.7 Å². The molecule has 2 aromatic rings. The Morgan fingerprint density at radius 2 is 1.93 bits per heavy atom. The van der Waals surface area contributed by atoms with Crippen LogP contribution in [0.1, 0.15) is 29.9 Å². The van der Waals surface area contributed by atoms with Gasteiger partial charge in [0.1, 0.15) is 5.82 Å². The number of hydrogen-bond donors (Lipinski definition) is 3. The van der Waals surface area contributed by atoms with E-state index >= 15 is 0 Å². The monoisotopic (exact) mass is 367 g/mol. The maximum atomic E-state index is 9.68. The SMILES string of the molecule is CN=C(NCc1ccc(N2CCCC2)nc1)NCC(CO)c1ccccc1. The van der Waals surface area contributed by atoms with Gasteiger partial charge in [0.2, 0.25) is 0 Å². The Hall–Kier alpha value is -2.60. The average molecular weight is 367 g/mol.